The van der Waals surface area contributed by atoms with Crippen LogP contribution in [0.4, 0.5) is 0 Å². The largest absolute Gasteiger partial charge is 0.482 e. The van der Waals surface area contributed by atoms with Crippen molar-refractivity contribution in [3.05, 3.63) is 29.3 Å². The van der Waals surface area contributed by atoms with Gasteiger partial charge < -0.3 is 23.4 Å². The van der Waals surface area contributed by atoms with Crippen LogP contribution in [-0.4, -0.2) is 59.7 Å². The monoisotopic (exact) mass is 662 g/mol. The highest BCUT2D eigenvalue weighted by Crippen LogP contribution is 2.52. The van der Waals surface area contributed by atoms with Crippen molar-refractivity contribution in [1.29, 1.82) is 0 Å². The minimum atomic E-state index is -1.97. The molecule has 0 saturated heterocycles. The van der Waals surface area contributed by atoms with Crippen LogP contribution in [-0.2, 0) is 31.2 Å². The molecule has 3 rings (SSSR count). The van der Waals surface area contributed by atoms with Gasteiger partial charge in [-0.2, -0.15) is 0 Å². The zero-order valence-electron chi connectivity index (χ0n) is 30.6. The van der Waals surface area contributed by atoms with E-state index in [2.05, 4.69) is 86.8 Å². The van der Waals surface area contributed by atoms with E-state index >= 15 is 0 Å². The van der Waals surface area contributed by atoms with Crippen molar-refractivity contribution in [3.63, 3.8) is 0 Å². The van der Waals surface area contributed by atoms with Crippen molar-refractivity contribution < 1.29 is 28.2 Å². The second-order valence-corrected chi connectivity index (χ2v) is 26.4. The van der Waals surface area contributed by atoms with E-state index in [0.717, 1.165) is 44.3 Å². The molecule has 0 spiro atoms. The van der Waals surface area contributed by atoms with Gasteiger partial charge in [-0.3, -0.25) is 0 Å². The lowest BCUT2D eigenvalue weighted by atomic mass is 9.73. The topological polar surface area (TPSA) is 74.2 Å². The maximum absolute atomic E-state index is 12.1. The van der Waals surface area contributed by atoms with Gasteiger partial charge in [0.25, 0.3) is 0 Å². The average molecular weight is 663 g/mol. The second-order valence-electron chi connectivity index (χ2n) is 16.8. The van der Waals surface area contributed by atoms with E-state index in [1.54, 1.807) is 0 Å². The maximum atomic E-state index is 12.1. The van der Waals surface area contributed by atoms with Crippen LogP contribution >= 0.6 is 0 Å². The second kappa shape index (κ2) is 15.8. The number of rotatable bonds is 16. The molecule has 0 bridgehead atoms. The van der Waals surface area contributed by atoms with E-state index in [9.17, 15) is 4.79 Å². The lowest BCUT2D eigenvalue weighted by molar-refractivity contribution is -0.147. The first-order chi connectivity index (χ1) is 20.9. The number of aliphatic hydroxyl groups excluding tert-OH is 1. The Balaban J connectivity index is 1.85. The van der Waals surface area contributed by atoms with Crippen molar-refractivity contribution in [2.45, 2.75) is 155 Å². The highest BCUT2D eigenvalue weighted by Gasteiger charge is 2.50. The van der Waals surface area contributed by atoms with Crippen LogP contribution < -0.4 is 4.74 Å². The number of hydrogen-bond acceptors (Lipinski definition) is 6. The predicted molar refractivity (Wildman–Crippen MR) is 190 cm³/mol. The van der Waals surface area contributed by atoms with Gasteiger partial charge in [-0.15, -0.1) is 0 Å². The lowest BCUT2D eigenvalue weighted by Gasteiger charge is -2.42. The first-order valence-electron chi connectivity index (χ1n) is 17.8. The van der Waals surface area contributed by atoms with E-state index in [4.69, 9.17) is 23.4 Å². The molecule has 8 heteroatoms. The Morgan fingerprint density at radius 2 is 1.67 bits per heavy atom. The van der Waals surface area contributed by atoms with Crippen LogP contribution in [0.2, 0.25) is 36.3 Å². The molecule has 1 aromatic rings. The summed E-state index contributed by atoms with van der Waals surface area (Å²) in [6.07, 6.45) is 10.8. The summed E-state index contributed by atoms with van der Waals surface area (Å²) >= 11 is 0. The van der Waals surface area contributed by atoms with Crippen molar-refractivity contribution in [1.82, 2.24) is 0 Å². The number of benzene rings is 1. The van der Waals surface area contributed by atoms with Crippen molar-refractivity contribution in [3.8, 4) is 5.75 Å². The molecular weight excluding hydrogens is 597 g/mol. The first-order valence-corrected chi connectivity index (χ1v) is 23.6. The zero-order chi connectivity index (χ0) is 33.6. The SMILES string of the molecule is CCCCC[C@@H](CC[C@@H]1[C@H]2Cc3cccc(OCC(=O)OCCO)c3C[C@H]2C[C@H]1O[Si](C)(C)C(C)(C)C)O[Si](C)(C)C(C)(C)C. The molecule has 0 heterocycles. The Bertz CT molecular complexity index is 1090. The van der Waals surface area contributed by atoms with E-state index in [1.165, 1.54) is 30.4 Å². The Labute approximate surface area is 277 Å². The first kappa shape index (κ1) is 38.3. The van der Waals surface area contributed by atoms with E-state index in [-0.39, 0.29) is 36.0 Å². The number of hydrogen-bond donors (Lipinski definition) is 1. The highest BCUT2D eigenvalue weighted by molar-refractivity contribution is 6.74. The number of ether oxygens (including phenoxy) is 2. The normalized spacial score (nSPS) is 22.9. The summed E-state index contributed by atoms with van der Waals surface area (Å²) in [6.45, 7) is 25.6. The van der Waals surface area contributed by atoms with Gasteiger partial charge in [0.1, 0.15) is 12.4 Å². The van der Waals surface area contributed by atoms with Crippen LogP contribution in [0.3, 0.4) is 0 Å². The standard InChI is InChI=1S/C37H66O6Si2/c1-12-13-14-17-29(42-44(8,9)36(2,3)4)19-20-30-31-23-27-16-15-18-33(41-26-35(39)40-22-21-38)32(27)24-28(31)25-34(30)43-45(10,11)37(5,6)7/h15-16,18,28-31,34,38H,12-14,17,19-26H2,1-11H3/t28-,29-,30+,31-,34+/m0/s1. The van der Waals surface area contributed by atoms with Gasteiger partial charge in [0, 0.05) is 12.2 Å². The van der Waals surface area contributed by atoms with Crippen LogP contribution in [0.1, 0.15) is 105 Å². The van der Waals surface area contributed by atoms with Gasteiger partial charge in [-0.1, -0.05) is 79.9 Å². The Morgan fingerprint density at radius 3 is 2.29 bits per heavy atom. The smallest absolute Gasteiger partial charge is 0.344 e. The molecule has 1 fully saturated rings. The number of esters is 1. The fraction of sp³-hybridized carbons (Fsp3) is 0.811. The third-order valence-electron chi connectivity index (χ3n) is 11.5. The molecule has 258 valence electrons. The molecule has 5 atom stereocenters. The fourth-order valence-electron chi connectivity index (χ4n) is 6.80. The van der Waals surface area contributed by atoms with Gasteiger partial charge in [0.15, 0.2) is 23.2 Å². The quantitative estimate of drug-likeness (QED) is 0.108. The minimum absolute atomic E-state index is 0.00373. The lowest BCUT2D eigenvalue weighted by Crippen LogP contribution is -2.46. The molecule has 0 aliphatic heterocycles. The minimum Gasteiger partial charge on any atom is -0.482 e. The molecule has 1 aromatic carbocycles. The van der Waals surface area contributed by atoms with Crippen LogP contribution in [0.5, 0.6) is 5.75 Å². The number of aliphatic hydroxyl groups is 1. The highest BCUT2D eigenvalue weighted by atomic mass is 28.4. The summed E-state index contributed by atoms with van der Waals surface area (Å²) in [7, 11) is -3.85. The maximum Gasteiger partial charge on any atom is 0.344 e. The average Bonchev–Trinajstić information content (AvgIpc) is 3.25. The Kier molecular flexibility index (Phi) is 13.4. The van der Waals surface area contributed by atoms with E-state index in [1.807, 2.05) is 6.07 Å². The van der Waals surface area contributed by atoms with Gasteiger partial charge in [-0.25, -0.2) is 4.79 Å². The third-order valence-corrected chi connectivity index (χ3v) is 20.5. The molecule has 1 saturated carbocycles. The molecular formula is C37H66O6Si2. The van der Waals surface area contributed by atoms with Gasteiger partial charge in [0.2, 0.25) is 0 Å². The summed E-state index contributed by atoms with van der Waals surface area (Å²) in [5.41, 5.74) is 2.58. The van der Waals surface area contributed by atoms with Crippen molar-refractivity contribution >= 4 is 22.6 Å². The molecule has 0 aromatic heterocycles. The number of unbranched alkanes of at least 4 members (excludes halogenated alkanes) is 2. The molecule has 6 nitrogen and oxygen atoms in total. The summed E-state index contributed by atoms with van der Waals surface area (Å²) in [6, 6.07) is 6.28. The summed E-state index contributed by atoms with van der Waals surface area (Å²) < 4.78 is 25.4. The molecule has 2 aliphatic rings. The molecule has 0 unspecified atom stereocenters. The number of carbonyl (C=O) groups excluding carboxylic acids is 1. The summed E-state index contributed by atoms with van der Waals surface area (Å²) in [4.78, 5) is 12.1. The summed E-state index contributed by atoms with van der Waals surface area (Å²) in [5, 5.41) is 9.33. The third kappa shape index (κ3) is 10.1. The zero-order valence-corrected chi connectivity index (χ0v) is 32.6. The summed E-state index contributed by atoms with van der Waals surface area (Å²) in [5.74, 6) is 1.94. The van der Waals surface area contributed by atoms with Crippen molar-refractivity contribution in [2.24, 2.45) is 17.8 Å². The molecule has 45 heavy (non-hydrogen) atoms. The van der Waals surface area contributed by atoms with Gasteiger partial charge in [-0.05, 0) is 110 Å². The van der Waals surface area contributed by atoms with E-state index < -0.39 is 22.6 Å². The predicted octanol–water partition coefficient (Wildman–Crippen LogP) is 9.09. The van der Waals surface area contributed by atoms with Crippen LogP contribution in [0.25, 0.3) is 0 Å². The molecule has 0 amide bonds. The molecule has 0 radical (unpaired) electrons. The molecule has 2 aliphatic carbocycles. The van der Waals surface area contributed by atoms with E-state index in [0.29, 0.717) is 23.9 Å². The van der Waals surface area contributed by atoms with Gasteiger partial charge >= 0.3 is 5.97 Å². The molecule has 1 N–H and O–H groups in total. The Hall–Kier alpha value is -1.20. The Morgan fingerprint density at radius 1 is 0.978 bits per heavy atom. The van der Waals surface area contributed by atoms with Crippen LogP contribution in [0.15, 0.2) is 18.2 Å². The van der Waals surface area contributed by atoms with Gasteiger partial charge in [0.05, 0.1) is 6.61 Å². The number of carbonyl (C=O) groups is 1. The fourth-order valence-corrected chi connectivity index (χ4v) is 9.60. The number of fused-ring (bicyclic) bond motifs is 2. The van der Waals surface area contributed by atoms with Crippen molar-refractivity contribution in [2.75, 3.05) is 19.8 Å². The van der Waals surface area contributed by atoms with Crippen LogP contribution in [0, 0.1) is 17.8 Å².